The molecule has 8 rings (SSSR count). The highest BCUT2D eigenvalue weighted by Gasteiger charge is 2.49. The van der Waals surface area contributed by atoms with Crippen LogP contribution in [0.5, 0.6) is 11.8 Å². The third-order valence-electron chi connectivity index (χ3n) is 9.92. The van der Waals surface area contributed by atoms with Crippen LogP contribution in [-0.2, 0) is 0 Å². The molecule has 0 radical (unpaired) electrons. The lowest BCUT2D eigenvalue weighted by molar-refractivity contribution is 0.107. The van der Waals surface area contributed by atoms with Crippen molar-refractivity contribution in [3.8, 4) is 35.2 Å². The molecular formula is C34H33F2N5O2. The molecule has 0 spiro atoms. The van der Waals surface area contributed by atoms with E-state index in [1.165, 1.54) is 0 Å². The maximum absolute atomic E-state index is 16.8. The Morgan fingerprint density at radius 1 is 1.09 bits per heavy atom. The summed E-state index contributed by atoms with van der Waals surface area (Å²) in [6, 6.07) is 13.0. The van der Waals surface area contributed by atoms with Gasteiger partial charge in [0.1, 0.15) is 29.9 Å². The van der Waals surface area contributed by atoms with E-state index in [0.717, 1.165) is 50.7 Å². The molecule has 0 amide bonds. The van der Waals surface area contributed by atoms with Crippen molar-refractivity contribution < 1.29 is 18.6 Å². The quantitative estimate of drug-likeness (QED) is 0.315. The van der Waals surface area contributed by atoms with Gasteiger partial charge in [0, 0.05) is 60.0 Å². The SMILES string of the molecule is C#Cc1cccc2cc(O)cc(-c3ccc4c(N5CC6CCC(C5)N6)nc(OCC56CCCN5CC(F)C6)nc4c3F)c12. The van der Waals surface area contributed by atoms with Gasteiger partial charge >= 0.3 is 6.01 Å². The lowest BCUT2D eigenvalue weighted by Gasteiger charge is -2.34. The van der Waals surface area contributed by atoms with Crippen LogP contribution >= 0.6 is 0 Å². The Balaban J connectivity index is 1.27. The van der Waals surface area contributed by atoms with Crippen molar-refractivity contribution >= 4 is 27.5 Å². The van der Waals surface area contributed by atoms with Crippen LogP contribution in [-0.4, -0.2) is 76.6 Å². The first kappa shape index (κ1) is 26.6. The number of hydrogen-bond acceptors (Lipinski definition) is 7. The predicted octanol–water partition coefficient (Wildman–Crippen LogP) is 5.17. The van der Waals surface area contributed by atoms with E-state index in [9.17, 15) is 9.50 Å². The summed E-state index contributed by atoms with van der Waals surface area (Å²) >= 11 is 0. The third kappa shape index (κ3) is 4.38. The Kier molecular flexibility index (Phi) is 6.21. The smallest absolute Gasteiger partial charge is 0.319 e. The monoisotopic (exact) mass is 581 g/mol. The molecule has 3 aromatic carbocycles. The van der Waals surface area contributed by atoms with Crippen LogP contribution in [0.2, 0.25) is 0 Å². The second-order valence-electron chi connectivity index (χ2n) is 12.6. The Morgan fingerprint density at radius 2 is 1.93 bits per heavy atom. The molecule has 4 aromatic rings. The number of aromatic nitrogens is 2. The van der Waals surface area contributed by atoms with E-state index in [4.69, 9.17) is 16.1 Å². The molecule has 43 heavy (non-hydrogen) atoms. The highest BCUT2D eigenvalue weighted by atomic mass is 19.1. The van der Waals surface area contributed by atoms with Gasteiger partial charge in [-0.15, -0.1) is 6.42 Å². The number of nitrogens with zero attached hydrogens (tertiary/aromatic N) is 4. The van der Waals surface area contributed by atoms with E-state index in [-0.39, 0.29) is 35.0 Å². The molecule has 4 atom stereocenters. The van der Waals surface area contributed by atoms with E-state index < -0.39 is 12.0 Å². The van der Waals surface area contributed by atoms with Gasteiger partial charge in [-0.3, -0.25) is 4.90 Å². The van der Waals surface area contributed by atoms with Gasteiger partial charge in [-0.25, -0.2) is 8.78 Å². The molecule has 9 heteroatoms. The van der Waals surface area contributed by atoms with Crippen molar-refractivity contribution in [3.05, 3.63) is 53.8 Å². The minimum Gasteiger partial charge on any atom is -0.508 e. The van der Waals surface area contributed by atoms with Crippen LogP contribution < -0.4 is 15.0 Å². The summed E-state index contributed by atoms with van der Waals surface area (Å²) in [6.45, 7) is 3.05. The number of fused-ring (bicyclic) bond motifs is 5. The summed E-state index contributed by atoms with van der Waals surface area (Å²) in [5, 5.41) is 16.2. The maximum atomic E-state index is 16.8. The van der Waals surface area contributed by atoms with Crippen LogP contribution in [0, 0.1) is 18.2 Å². The predicted molar refractivity (Wildman–Crippen MR) is 163 cm³/mol. The Bertz CT molecular complexity index is 1800. The molecule has 0 aliphatic carbocycles. The lowest BCUT2D eigenvalue weighted by Crippen LogP contribution is -2.51. The molecule has 4 aliphatic rings. The average molecular weight is 582 g/mol. The van der Waals surface area contributed by atoms with E-state index in [2.05, 4.69) is 26.0 Å². The van der Waals surface area contributed by atoms with Gasteiger partial charge in [0.2, 0.25) is 0 Å². The number of alkyl halides is 1. The number of nitrogens with one attached hydrogen (secondary N) is 1. The molecule has 5 heterocycles. The van der Waals surface area contributed by atoms with Crippen molar-refractivity contribution in [2.75, 3.05) is 37.7 Å². The number of halogens is 2. The minimum absolute atomic E-state index is 0.0166. The lowest BCUT2D eigenvalue weighted by atomic mass is 9.93. The standard InChI is InChI=1S/C34H33F2N5O2/c1-2-20-5-3-6-21-13-25(42)14-28(29(20)21)26-9-10-27-31(30(26)36)38-33(39-32(27)40-17-23-7-8-24(18-40)37-23)43-19-34-11-4-12-41(34)16-22(35)15-34/h1,3,5-6,9-10,13-14,22-24,37,42H,4,7-8,11-12,15-19H2. The Morgan fingerprint density at radius 3 is 2.74 bits per heavy atom. The molecule has 4 saturated heterocycles. The summed E-state index contributed by atoms with van der Waals surface area (Å²) < 4.78 is 37.5. The van der Waals surface area contributed by atoms with Crippen molar-refractivity contribution in [2.45, 2.75) is 55.9 Å². The molecule has 4 unspecified atom stereocenters. The number of benzene rings is 3. The summed E-state index contributed by atoms with van der Waals surface area (Å²) in [6.07, 6.45) is 9.42. The largest absolute Gasteiger partial charge is 0.508 e. The molecular weight excluding hydrogens is 548 g/mol. The van der Waals surface area contributed by atoms with Gasteiger partial charge in [-0.05, 0) is 67.4 Å². The zero-order valence-corrected chi connectivity index (χ0v) is 23.8. The number of phenolic OH excluding ortho intramolecular Hbond substituents is 1. The van der Waals surface area contributed by atoms with E-state index >= 15 is 4.39 Å². The Hall–Kier alpha value is -4.00. The van der Waals surface area contributed by atoms with Crippen molar-refractivity contribution in [1.82, 2.24) is 20.2 Å². The summed E-state index contributed by atoms with van der Waals surface area (Å²) in [4.78, 5) is 13.9. The molecule has 7 nitrogen and oxygen atoms in total. The molecule has 220 valence electrons. The number of phenols is 1. The first-order chi connectivity index (χ1) is 20.9. The molecule has 4 aliphatic heterocycles. The highest BCUT2D eigenvalue weighted by Crippen LogP contribution is 2.42. The average Bonchev–Trinajstić information content (AvgIpc) is 3.65. The fourth-order valence-electron chi connectivity index (χ4n) is 8.00. The third-order valence-corrected chi connectivity index (χ3v) is 9.92. The van der Waals surface area contributed by atoms with Crippen molar-refractivity contribution in [2.24, 2.45) is 0 Å². The Labute approximate surface area is 248 Å². The molecule has 4 fully saturated rings. The number of ether oxygens (including phenoxy) is 1. The van der Waals surface area contributed by atoms with Gasteiger partial charge < -0.3 is 20.1 Å². The van der Waals surface area contributed by atoms with Gasteiger partial charge in [0.25, 0.3) is 0 Å². The number of aromatic hydroxyl groups is 1. The summed E-state index contributed by atoms with van der Waals surface area (Å²) in [7, 11) is 0. The van der Waals surface area contributed by atoms with Crippen LogP contribution in [0.3, 0.4) is 0 Å². The molecule has 2 N–H and O–H groups in total. The van der Waals surface area contributed by atoms with Gasteiger partial charge in [0.15, 0.2) is 5.82 Å². The van der Waals surface area contributed by atoms with E-state index in [0.29, 0.717) is 52.8 Å². The number of terminal acetylenes is 1. The van der Waals surface area contributed by atoms with Gasteiger partial charge in [-0.1, -0.05) is 24.1 Å². The van der Waals surface area contributed by atoms with Gasteiger partial charge in [0.05, 0.1) is 5.54 Å². The normalized spacial score (nSPS) is 26.7. The fraction of sp³-hybridized carbons (Fsp3) is 0.412. The number of piperazine rings is 1. The number of rotatable bonds is 5. The summed E-state index contributed by atoms with van der Waals surface area (Å²) in [5.41, 5.74) is 1.15. The second-order valence-corrected chi connectivity index (χ2v) is 12.6. The van der Waals surface area contributed by atoms with Crippen LogP contribution in [0.15, 0.2) is 42.5 Å². The number of hydrogen-bond donors (Lipinski definition) is 2. The minimum atomic E-state index is -0.877. The molecule has 1 aromatic heterocycles. The van der Waals surface area contributed by atoms with Crippen LogP contribution in [0.4, 0.5) is 14.6 Å². The second kappa shape index (κ2) is 10.0. The maximum Gasteiger partial charge on any atom is 0.319 e. The first-order valence-electron chi connectivity index (χ1n) is 15.2. The van der Waals surface area contributed by atoms with Crippen LogP contribution in [0.25, 0.3) is 32.8 Å². The molecule has 0 saturated carbocycles. The van der Waals surface area contributed by atoms with Crippen LogP contribution in [0.1, 0.15) is 37.7 Å². The fourth-order valence-corrected chi connectivity index (χ4v) is 8.00. The highest BCUT2D eigenvalue weighted by molar-refractivity contribution is 6.04. The topological polar surface area (TPSA) is 73.8 Å². The van der Waals surface area contributed by atoms with Crippen molar-refractivity contribution in [1.29, 1.82) is 0 Å². The van der Waals surface area contributed by atoms with Gasteiger partial charge in [-0.2, -0.15) is 9.97 Å². The zero-order chi connectivity index (χ0) is 29.3. The van der Waals surface area contributed by atoms with E-state index in [1.54, 1.807) is 18.2 Å². The zero-order valence-electron chi connectivity index (χ0n) is 23.8. The summed E-state index contributed by atoms with van der Waals surface area (Å²) in [5.74, 6) is 2.83. The van der Waals surface area contributed by atoms with Crippen molar-refractivity contribution in [3.63, 3.8) is 0 Å². The van der Waals surface area contributed by atoms with E-state index in [1.807, 2.05) is 24.3 Å². The number of anilines is 1. The molecule has 2 bridgehead atoms. The first-order valence-corrected chi connectivity index (χ1v) is 15.2.